The molecule has 3 nitrogen and oxygen atoms in total. The lowest BCUT2D eigenvalue weighted by atomic mass is 10.2. The summed E-state index contributed by atoms with van der Waals surface area (Å²) in [5.74, 6) is -0.253. The van der Waals surface area contributed by atoms with Crippen LogP contribution in [0.2, 0.25) is 0 Å². The molecule has 1 aliphatic heterocycles. The van der Waals surface area contributed by atoms with Crippen molar-refractivity contribution in [3.8, 4) is 0 Å². The lowest BCUT2D eigenvalue weighted by Crippen LogP contribution is -2.20. The highest BCUT2D eigenvalue weighted by molar-refractivity contribution is 5.92. The smallest absolute Gasteiger partial charge is 0.316 e. The molecule has 2 rings (SSSR count). The summed E-state index contributed by atoms with van der Waals surface area (Å²) in [7, 11) is 0. The molecule has 48 valence electrons. The van der Waals surface area contributed by atoms with Gasteiger partial charge in [0.1, 0.15) is 0 Å². The van der Waals surface area contributed by atoms with Gasteiger partial charge in [0.25, 0.3) is 0 Å². The molecule has 0 amide bonds. The first-order chi connectivity index (χ1) is 4.27. The molecular formula is C6H6O3. The van der Waals surface area contributed by atoms with E-state index in [4.69, 9.17) is 0 Å². The Bertz CT molecular complexity index is 185. The van der Waals surface area contributed by atoms with Gasteiger partial charge in [-0.05, 0) is 12.3 Å². The van der Waals surface area contributed by atoms with Crippen LogP contribution in [0.5, 0.6) is 0 Å². The van der Waals surface area contributed by atoms with Gasteiger partial charge in [-0.2, -0.15) is 0 Å². The van der Waals surface area contributed by atoms with Crippen molar-refractivity contribution >= 4 is 11.9 Å². The van der Waals surface area contributed by atoms with Crippen molar-refractivity contribution in [1.29, 1.82) is 0 Å². The molecule has 2 atom stereocenters. The van der Waals surface area contributed by atoms with Crippen molar-refractivity contribution in [2.24, 2.45) is 11.8 Å². The van der Waals surface area contributed by atoms with E-state index in [9.17, 15) is 9.59 Å². The van der Waals surface area contributed by atoms with E-state index in [2.05, 4.69) is 4.74 Å². The number of hydrogen-bond donors (Lipinski definition) is 0. The van der Waals surface area contributed by atoms with Gasteiger partial charge in [0.2, 0.25) is 0 Å². The summed E-state index contributed by atoms with van der Waals surface area (Å²) in [5, 5.41) is 0. The molecule has 9 heavy (non-hydrogen) atoms. The van der Waals surface area contributed by atoms with Crippen LogP contribution in [0.3, 0.4) is 0 Å². The molecule has 2 fully saturated rings. The third-order valence-corrected chi connectivity index (χ3v) is 1.87. The van der Waals surface area contributed by atoms with Crippen LogP contribution in [-0.4, -0.2) is 11.9 Å². The summed E-state index contributed by atoms with van der Waals surface area (Å²) in [4.78, 5) is 21.1. The SMILES string of the molecule is O=C1CC2CC2C(=O)O1. The fourth-order valence-electron chi connectivity index (χ4n) is 1.21. The summed E-state index contributed by atoms with van der Waals surface area (Å²) in [6, 6.07) is 0. The maximum absolute atomic E-state index is 10.6. The Kier molecular flexibility index (Phi) is 0.743. The lowest BCUT2D eigenvalue weighted by Gasteiger charge is -2.05. The van der Waals surface area contributed by atoms with E-state index in [0.29, 0.717) is 12.3 Å². The van der Waals surface area contributed by atoms with Crippen molar-refractivity contribution in [2.45, 2.75) is 12.8 Å². The molecule has 1 heterocycles. The highest BCUT2D eigenvalue weighted by Gasteiger charge is 2.49. The van der Waals surface area contributed by atoms with Crippen molar-refractivity contribution in [3.63, 3.8) is 0 Å². The number of fused-ring (bicyclic) bond motifs is 1. The van der Waals surface area contributed by atoms with Crippen LogP contribution >= 0.6 is 0 Å². The van der Waals surface area contributed by atoms with Crippen LogP contribution in [0.15, 0.2) is 0 Å². The quantitative estimate of drug-likeness (QED) is 0.341. The average Bonchev–Trinajstić information content (AvgIpc) is 2.43. The Morgan fingerprint density at radius 3 is 2.89 bits per heavy atom. The number of carbonyl (C=O) groups is 2. The van der Waals surface area contributed by atoms with Crippen LogP contribution in [0, 0.1) is 11.8 Å². The van der Waals surface area contributed by atoms with Crippen molar-refractivity contribution in [3.05, 3.63) is 0 Å². The largest absolute Gasteiger partial charge is 0.393 e. The molecule has 0 aromatic heterocycles. The number of esters is 2. The summed E-state index contributed by atoms with van der Waals surface area (Å²) in [5.41, 5.74) is 0. The minimum atomic E-state index is -0.348. The highest BCUT2D eigenvalue weighted by Crippen LogP contribution is 2.45. The van der Waals surface area contributed by atoms with Gasteiger partial charge in [-0.15, -0.1) is 0 Å². The van der Waals surface area contributed by atoms with Gasteiger partial charge in [-0.25, -0.2) is 0 Å². The van der Waals surface area contributed by atoms with Gasteiger partial charge in [0.05, 0.1) is 5.92 Å². The van der Waals surface area contributed by atoms with E-state index in [0.717, 1.165) is 6.42 Å². The minimum absolute atomic E-state index is 0.0719. The molecule has 0 radical (unpaired) electrons. The monoisotopic (exact) mass is 126 g/mol. The zero-order valence-corrected chi connectivity index (χ0v) is 4.79. The normalized spacial score (nSPS) is 39.6. The van der Waals surface area contributed by atoms with E-state index in [1.54, 1.807) is 0 Å². The minimum Gasteiger partial charge on any atom is -0.393 e. The van der Waals surface area contributed by atoms with E-state index in [1.807, 2.05) is 0 Å². The van der Waals surface area contributed by atoms with Gasteiger partial charge < -0.3 is 4.74 Å². The second-order valence-electron chi connectivity index (χ2n) is 2.60. The number of rotatable bonds is 0. The molecule has 0 bridgehead atoms. The van der Waals surface area contributed by atoms with Gasteiger partial charge in [0, 0.05) is 6.42 Å². The van der Waals surface area contributed by atoms with Crippen LogP contribution in [0.4, 0.5) is 0 Å². The zero-order valence-electron chi connectivity index (χ0n) is 4.79. The number of cyclic esters (lactones) is 2. The van der Waals surface area contributed by atoms with Gasteiger partial charge >= 0.3 is 11.9 Å². The Morgan fingerprint density at radius 1 is 1.44 bits per heavy atom. The number of ether oxygens (including phenoxy) is 1. The standard InChI is InChI=1S/C6H6O3/c7-5-2-3-1-4(3)6(8)9-5/h3-4H,1-2H2. The Balaban J connectivity index is 2.15. The molecule has 1 saturated heterocycles. The lowest BCUT2D eigenvalue weighted by molar-refractivity contribution is -0.164. The molecule has 1 saturated carbocycles. The first kappa shape index (κ1) is 4.97. The van der Waals surface area contributed by atoms with E-state index >= 15 is 0 Å². The molecule has 0 N–H and O–H groups in total. The number of hydrogen-bond acceptors (Lipinski definition) is 3. The Hall–Kier alpha value is -0.860. The first-order valence-electron chi connectivity index (χ1n) is 3.02. The molecule has 0 spiro atoms. The zero-order chi connectivity index (χ0) is 6.43. The molecule has 2 unspecified atom stereocenters. The van der Waals surface area contributed by atoms with Gasteiger partial charge in [-0.1, -0.05) is 0 Å². The Morgan fingerprint density at radius 2 is 2.22 bits per heavy atom. The molecule has 3 heteroatoms. The third-order valence-electron chi connectivity index (χ3n) is 1.87. The average molecular weight is 126 g/mol. The molecule has 0 aromatic rings. The first-order valence-corrected chi connectivity index (χ1v) is 3.02. The summed E-state index contributed by atoms with van der Waals surface area (Å²) >= 11 is 0. The second kappa shape index (κ2) is 1.35. The highest BCUT2D eigenvalue weighted by atomic mass is 16.6. The fourth-order valence-corrected chi connectivity index (χ4v) is 1.21. The second-order valence-corrected chi connectivity index (χ2v) is 2.60. The van der Waals surface area contributed by atoms with Crippen LogP contribution in [0.25, 0.3) is 0 Å². The van der Waals surface area contributed by atoms with Gasteiger partial charge in [0.15, 0.2) is 0 Å². The van der Waals surface area contributed by atoms with Crippen molar-refractivity contribution < 1.29 is 14.3 Å². The van der Waals surface area contributed by atoms with Gasteiger partial charge in [-0.3, -0.25) is 9.59 Å². The molecule has 2 aliphatic rings. The van der Waals surface area contributed by atoms with Crippen LogP contribution < -0.4 is 0 Å². The molecule has 0 aromatic carbocycles. The van der Waals surface area contributed by atoms with Crippen molar-refractivity contribution in [2.75, 3.05) is 0 Å². The predicted octanol–water partition coefficient (Wildman–Crippen LogP) is 0.0960. The number of carbonyl (C=O) groups excluding carboxylic acids is 2. The van der Waals surface area contributed by atoms with Crippen molar-refractivity contribution in [1.82, 2.24) is 0 Å². The van der Waals surface area contributed by atoms with Crippen LogP contribution in [0.1, 0.15) is 12.8 Å². The van der Waals surface area contributed by atoms with E-state index in [1.165, 1.54) is 0 Å². The molecule has 1 aliphatic carbocycles. The summed E-state index contributed by atoms with van der Waals surface area (Å²) in [6.07, 6.45) is 1.32. The fraction of sp³-hybridized carbons (Fsp3) is 0.667. The Labute approximate surface area is 52.0 Å². The summed E-state index contributed by atoms with van der Waals surface area (Å²) < 4.78 is 4.36. The van der Waals surface area contributed by atoms with E-state index < -0.39 is 0 Å². The topological polar surface area (TPSA) is 43.4 Å². The summed E-state index contributed by atoms with van der Waals surface area (Å²) in [6.45, 7) is 0. The van der Waals surface area contributed by atoms with Crippen LogP contribution in [-0.2, 0) is 14.3 Å². The maximum atomic E-state index is 10.6. The maximum Gasteiger partial charge on any atom is 0.316 e. The third kappa shape index (κ3) is 0.642. The predicted molar refractivity (Wildman–Crippen MR) is 27.3 cm³/mol. The molecular weight excluding hydrogens is 120 g/mol. The van der Waals surface area contributed by atoms with E-state index in [-0.39, 0.29) is 17.9 Å².